The van der Waals surface area contributed by atoms with E-state index in [4.69, 9.17) is 0 Å². The van der Waals surface area contributed by atoms with Crippen LogP contribution in [0.15, 0.2) is 46.3 Å². The van der Waals surface area contributed by atoms with E-state index in [0.29, 0.717) is 10.7 Å². The number of benzene rings is 1. The average Bonchev–Trinajstić information content (AvgIpc) is 2.46. The van der Waals surface area contributed by atoms with Crippen molar-refractivity contribution < 1.29 is 4.79 Å². The number of hydrazine groups is 1. The van der Waals surface area contributed by atoms with Crippen LogP contribution in [-0.2, 0) is 0 Å². The van der Waals surface area contributed by atoms with Gasteiger partial charge < -0.3 is 0 Å². The maximum atomic E-state index is 11.8. The van der Waals surface area contributed by atoms with Crippen molar-refractivity contribution in [2.45, 2.75) is 5.16 Å². The molecule has 2 aromatic rings. The molecule has 98 valence electrons. The Hall–Kier alpha value is -1.60. The Balaban J connectivity index is 1.95. The van der Waals surface area contributed by atoms with Gasteiger partial charge in [0.05, 0.1) is 11.3 Å². The fourth-order valence-corrected chi connectivity index (χ4v) is 1.85. The van der Waals surface area contributed by atoms with Crippen molar-refractivity contribution in [1.29, 1.82) is 0 Å². The summed E-state index contributed by atoms with van der Waals surface area (Å²) >= 11 is 4.77. The molecule has 0 aliphatic heterocycles. The molecule has 1 heterocycles. The minimum absolute atomic E-state index is 0.282. The smallest absolute Gasteiger partial charge is 0.272 e. The lowest BCUT2D eigenvalue weighted by Crippen LogP contribution is -2.29. The Labute approximate surface area is 123 Å². The third-order valence-electron chi connectivity index (χ3n) is 2.24. The van der Waals surface area contributed by atoms with Gasteiger partial charge in [0.15, 0.2) is 5.16 Å². The number of amides is 1. The van der Waals surface area contributed by atoms with Gasteiger partial charge >= 0.3 is 0 Å². The molecule has 0 bridgehead atoms. The maximum absolute atomic E-state index is 11.8. The molecule has 0 saturated heterocycles. The lowest BCUT2D eigenvalue weighted by Gasteiger charge is -2.08. The maximum Gasteiger partial charge on any atom is 0.272 e. The third kappa shape index (κ3) is 3.93. The molecule has 0 spiro atoms. The Morgan fingerprint density at radius 1 is 1.21 bits per heavy atom. The zero-order chi connectivity index (χ0) is 13.7. The largest absolute Gasteiger partial charge is 0.298 e. The molecule has 5 nitrogen and oxygen atoms in total. The van der Waals surface area contributed by atoms with Gasteiger partial charge in [0, 0.05) is 16.9 Å². The van der Waals surface area contributed by atoms with Crippen LogP contribution >= 0.6 is 27.7 Å². The van der Waals surface area contributed by atoms with Crippen LogP contribution in [0, 0.1) is 0 Å². The molecular formula is C12H11BrN4OS. The minimum Gasteiger partial charge on any atom is -0.298 e. The molecule has 0 atom stereocenters. The summed E-state index contributed by atoms with van der Waals surface area (Å²) in [6.45, 7) is 0. The molecule has 1 aromatic carbocycles. The van der Waals surface area contributed by atoms with E-state index < -0.39 is 0 Å². The number of rotatable bonds is 4. The highest BCUT2D eigenvalue weighted by Crippen LogP contribution is 2.13. The third-order valence-corrected chi connectivity index (χ3v) is 3.34. The van der Waals surface area contributed by atoms with E-state index in [1.165, 1.54) is 24.2 Å². The van der Waals surface area contributed by atoms with Gasteiger partial charge in [-0.3, -0.25) is 15.6 Å². The lowest BCUT2D eigenvalue weighted by atomic mass is 10.3. The zero-order valence-corrected chi connectivity index (χ0v) is 12.5. The molecule has 0 aliphatic rings. The molecule has 0 unspecified atom stereocenters. The van der Waals surface area contributed by atoms with Crippen molar-refractivity contribution in [2.24, 2.45) is 0 Å². The van der Waals surface area contributed by atoms with E-state index in [9.17, 15) is 4.79 Å². The molecule has 2 N–H and O–H groups in total. The highest BCUT2D eigenvalue weighted by molar-refractivity contribution is 9.10. The fourth-order valence-electron chi connectivity index (χ4n) is 1.27. The first kappa shape index (κ1) is 13.8. The molecule has 19 heavy (non-hydrogen) atoms. The SMILES string of the molecule is CSc1ncc(C(=O)NNc2ccc(Br)cc2)cn1. The Morgan fingerprint density at radius 2 is 1.84 bits per heavy atom. The number of thioether (sulfide) groups is 1. The van der Waals surface area contributed by atoms with Crippen molar-refractivity contribution in [3.63, 3.8) is 0 Å². The number of nitrogens with one attached hydrogen (secondary N) is 2. The molecule has 2 rings (SSSR count). The summed E-state index contributed by atoms with van der Waals surface area (Å²) in [6, 6.07) is 7.45. The van der Waals surface area contributed by atoms with Gasteiger partial charge in [-0.25, -0.2) is 9.97 Å². The van der Waals surface area contributed by atoms with Gasteiger partial charge in [0.25, 0.3) is 5.91 Å². The van der Waals surface area contributed by atoms with Crippen LogP contribution in [0.25, 0.3) is 0 Å². The number of carbonyl (C=O) groups is 1. The predicted molar refractivity (Wildman–Crippen MR) is 79.0 cm³/mol. The lowest BCUT2D eigenvalue weighted by molar-refractivity contribution is 0.0961. The van der Waals surface area contributed by atoms with E-state index >= 15 is 0 Å². The second kappa shape index (κ2) is 6.53. The monoisotopic (exact) mass is 338 g/mol. The number of nitrogens with zero attached hydrogens (tertiary/aromatic N) is 2. The first-order chi connectivity index (χ1) is 9.19. The average molecular weight is 339 g/mol. The van der Waals surface area contributed by atoms with Gasteiger partial charge in [-0.05, 0) is 30.5 Å². The van der Waals surface area contributed by atoms with Gasteiger partial charge in [0.2, 0.25) is 0 Å². The van der Waals surface area contributed by atoms with Crippen molar-refractivity contribution in [2.75, 3.05) is 11.7 Å². The van der Waals surface area contributed by atoms with Crippen LogP contribution in [0.3, 0.4) is 0 Å². The standard InChI is InChI=1S/C12H11BrN4OS/c1-19-12-14-6-8(7-15-12)11(18)17-16-10-4-2-9(13)3-5-10/h2-7,16H,1H3,(H,17,18). The number of carbonyl (C=O) groups excluding carboxylic acids is 1. The van der Waals surface area contributed by atoms with Gasteiger partial charge in [-0.2, -0.15) is 0 Å². The Morgan fingerprint density at radius 3 is 2.42 bits per heavy atom. The zero-order valence-electron chi connectivity index (χ0n) is 10.1. The van der Waals surface area contributed by atoms with Gasteiger partial charge in [-0.1, -0.05) is 27.7 Å². The van der Waals surface area contributed by atoms with Crippen LogP contribution < -0.4 is 10.9 Å². The number of halogens is 1. The normalized spacial score (nSPS) is 10.0. The van der Waals surface area contributed by atoms with Crippen molar-refractivity contribution in [3.8, 4) is 0 Å². The number of anilines is 1. The molecule has 0 radical (unpaired) electrons. The first-order valence-electron chi connectivity index (χ1n) is 5.37. The number of hydrogen-bond acceptors (Lipinski definition) is 5. The highest BCUT2D eigenvalue weighted by atomic mass is 79.9. The van der Waals surface area contributed by atoms with Crippen LogP contribution in [0.4, 0.5) is 5.69 Å². The number of aromatic nitrogens is 2. The molecule has 7 heteroatoms. The summed E-state index contributed by atoms with van der Waals surface area (Å²) in [7, 11) is 0. The van der Waals surface area contributed by atoms with E-state index in [1.54, 1.807) is 0 Å². The first-order valence-corrected chi connectivity index (χ1v) is 7.39. The van der Waals surface area contributed by atoms with Crippen molar-refractivity contribution >= 4 is 39.3 Å². The van der Waals surface area contributed by atoms with E-state index in [0.717, 1.165) is 10.2 Å². The summed E-state index contributed by atoms with van der Waals surface area (Å²) in [5, 5.41) is 0.636. The van der Waals surface area contributed by atoms with Crippen molar-refractivity contribution in [1.82, 2.24) is 15.4 Å². The molecule has 0 saturated carbocycles. The second-order valence-electron chi connectivity index (χ2n) is 3.54. The molecule has 1 aromatic heterocycles. The summed E-state index contributed by atoms with van der Waals surface area (Å²) in [6.07, 6.45) is 4.87. The second-order valence-corrected chi connectivity index (χ2v) is 5.23. The van der Waals surface area contributed by atoms with E-state index in [-0.39, 0.29) is 5.91 Å². The highest BCUT2D eigenvalue weighted by Gasteiger charge is 2.06. The summed E-state index contributed by atoms with van der Waals surface area (Å²) < 4.78 is 0.977. The fraction of sp³-hybridized carbons (Fsp3) is 0.0833. The summed E-state index contributed by atoms with van der Waals surface area (Å²) in [5.41, 5.74) is 6.59. The van der Waals surface area contributed by atoms with Crippen LogP contribution in [0.2, 0.25) is 0 Å². The van der Waals surface area contributed by atoms with Crippen LogP contribution in [0.5, 0.6) is 0 Å². The van der Waals surface area contributed by atoms with Gasteiger partial charge in [-0.15, -0.1) is 0 Å². The minimum atomic E-state index is -0.282. The summed E-state index contributed by atoms with van der Waals surface area (Å²) in [5.74, 6) is -0.282. The van der Waals surface area contributed by atoms with Crippen LogP contribution in [-0.4, -0.2) is 22.1 Å². The topological polar surface area (TPSA) is 66.9 Å². The van der Waals surface area contributed by atoms with E-state index in [2.05, 4.69) is 36.7 Å². The Bertz CT molecular complexity index is 559. The van der Waals surface area contributed by atoms with Crippen molar-refractivity contribution in [3.05, 3.63) is 46.7 Å². The van der Waals surface area contributed by atoms with E-state index in [1.807, 2.05) is 30.5 Å². The van der Waals surface area contributed by atoms with Crippen LogP contribution in [0.1, 0.15) is 10.4 Å². The molecule has 1 amide bonds. The Kier molecular flexibility index (Phi) is 4.75. The van der Waals surface area contributed by atoms with Gasteiger partial charge in [0.1, 0.15) is 0 Å². The quantitative estimate of drug-likeness (QED) is 0.509. The molecule has 0 fully saturated rings. The predicted octanol–water partition coefficient (Wildman–Crippen LogP) is 2.72. The molecule has 0 aliphatic carbocycles. The molecular weight excluding hydrogens is 328 g/mol. The number of hydrogen-bond donors (Lipinski definition) is 2. The summed E-state index contributed by atoms with van der Waals surface area (Å²) in [4.78, 5) is 19.9.